The second-order valence-electron chi connectivity index (χ2n) is 6.10. The van der Waals surface area contributed by atoms with Crippen molar-refractivity contribution in [2.75, 3.05) is 0 Å². The van der Waals surface area contributed by atoms with Gasteiger partial charge in [-0.2, -0.15) is 0 Å². The number of hydrogen-bond donors (Lipinski definition) is 0. The molecular formula is C12H16O. The van der Waals surface area contributed by atoms with Crippen LogP contribution in [0, 0.1) is 23.7 Å². The van der Waals surface area contributed by atoms with Crippen molar-refractivity contribution in [3.63, 3.8) is 0 Å². The molecule has 0 aromatic heterocycles. The zero-order valence-corrected chi connectivity index (χ0v) is 7.96. The summed E-state index contributed by atoms with van der Waals surface area (Å²) in [7, 11) is 0. The van der Waals surface area contributed by atoms with Crippen LogP contribution in [0.3, 0.4) is 0 Å². The van der Waals surface area contributed by atoms with Gasteiger partial charge in [0.2, 0.25) is 0 Å². The quantitative estimate of drug-likeness (QED) is 0.516. The third-order valence-electron chi connectivity index (χ3n) is 6.20. The zero-order valence-electron chi connectivity index (χ0n) is 7.96. The van der Waals surface area contributed by atoms with Gasteiger partial charge in [-0.1, -0.05) is 0 Å². The molecule has 4 bridgehead atoms. The maximum atomic E-state index is 6.34. The Bertz CT molecular complexity index is 258. The van der Waals surface area contributed by atoms with E-state index in [9.17, 15) is 0 Å². The van der Waals surface area contributed by atoms with Crippen LogP contribution in [0.1, 0.15) is 38.5 Å². The molecule has 1 heterocycles. The van der Waals surface area contributed by atoms with E-state index in [0.717, 1.165) is 23.7 Å². The van der Waals surface area contributed by atoms with Crippen LogP contribution in [0.2, 0.25) is 0 Å². The lowest BCUT2D eigenvalue weighted by Gasteiger charge is -2.27. The van der Waals surface area contributed by atoms with Gasteiger partial charge in [-0.05, 0) is 62.2 Å². The van der Waals surface area contributed by atoms with E-state index >= 15 is 0 Å². The van der Waals surface area contributed by atoms with Gasteiger partial charge in [0, 0.05) is 0 Å². The SMILES string of the molecule is C1C[C@@H]2C[C@@H]1C13OC21[C@@H]1CC[C@@H]3C1. The fourth-order valence-electron chi connectivity index (χ4n) is 6.05. The summed E-state index contributed by atoms with van der Waals surface area (Å²) in [5.41, 5.74) is 0.970. The van der Waals surface area contributed by atoms with Crippen molar-refractivity contribution >= 4 is 0 Å². The molecule has 0 unspecified atom stereocenters. The molecule has 0 aromatic rings. The summed E-state index contributed by atoms with van der Waals surface area (Å²) >= 11 is 0. The predicted molar refractivity (Wildman–Crippen MR) is 48.2 cm³/mol. The molecule has 4 atom stereocenters. The van der Waals surface area contributed by atoms with Gasteiger partial charge in [-0.3, -0.25) is 0 Å². The van der Waals surface area contributed by atoms with Gasteiger partial charge >= 0.3 is 0 Å². The van der Waals surface area contributed by atoms with Crippen LogP contribution in [-0.4, -0.2) is 11.2 Å². The van der Waals surface area contributed by atoms with Crippen LogP contribution in [0.5, 0.6) is 0 Å². The fraction of sp³-hybridized carbons (Fsp3) is 1.00. The first-order chi connectivity index (χ1) is 6.38. The minimum atomic E-state index is 0.485. The summed E-state index contributed by atoms with van der Waals surface area (Å²) in [6.07, 6.45) is 9.05. The van der Waals surface area contributed by atoms with Crippen molar-refractivity contribution in [3.05, 3.63) is 0 Å². The summed E-state index contributed by atoms with van der Waals surface area (Å²) in [6, 6.07) is 0. The van der Waals surface area contributed by atoms with E-state index in [1.54, 1.807) is 0 Å². The molecule has 5 rings (SSSR count). The number of fused-ring (bicyclic) bond motifs is 4. The van der Waals surface area contributed by atoms with Gasteiger partial charge in [0.05, 0.1) is 0 Å². The van der Waals surface area contributed by atoms with Crippen molar-refractivity contribution in [1.82, 2.24) is 0 Å². The highest BCUT2D eigenvalue weighted by Gasteiger charge is 2.90. The van der Waals surface area contributed by atoms with Crippen LogP contribution in [0.4, 0.5) is 0 Å². The monoisotopic (exact) mass is 176 g/mol. The molecule has 70 valence electrons. The standard InChI is InChI=1S/C12H16O/c1-2-8-5-7(1)11-9-3-4-10(6-9)12(8,11)13-11/h7-10H,1-6H2/t7-,8-,9-,10-,11?,12?/m1/s1. The van der Waals surface area contributed by atoms with Crippen molar-refractivity contribution < 1.29 is 4.74 Å². The van der Waals surface area contributed by atoms with Crippen LogP contribution in [-0.2, 0) is 4.74 Å². The molecule has 5 aliphatic rings. The van der Waals surface area contributed by atoms with Crippen molar-refractivity contribution in [2.45, 2.75) is 49.7 Å². The molecule has 5 fully saturated rings. The summed E-state index contributed by atoms with van der Waals surface area (Å²) in [6.45, 7) is 0. The molecule has 0 N–H and O–H groups in total. The Morgan fingerprint density at radius 2 is 1.08 bits per heavy atom. The van der Waals surface area contributed by atoms with Crippen LogP contribution in [0.15, 0.2) is 0 Å². The first-order valence-electron chi connectivity index (χ1n) is 6.08. The molecule has 13 heavy (non-hydrogen) atoms. The number of epoxide rings is 1. The Morgan fingerprint density at radius 3 is 1.46 bits per heavy atom. The Labute approximate surface area is 78.8 Å². The first kappa shape index (κ1) is 6.44. The highest BCUT2D eigenvalue weighted by Crippen LogP contribution is 2.84. The average Bonchev–Trinajstić information content (AvgIpc) is 2.66. The molecular weight excluding hydrogens is 160 g/mol. The van der Waals surface area contributed by atoms with E-state index in [1.807, 2.05) is 0 Å². The highest BCUT2D eigenvalue weighted by atomic mass is 16.6. The lowest BCUT2D eigenvalue weighted by Crippen LogP contribution is -2.37. The third kappa shape index (κ3) is 0.393. The normalized spacial score (nSPS) is 75.7. The Kier molecular flexibility index (Phi) is 0.743. The minimum absolute atomic E-state index is 0.485. The maximum absolute atomic E-state index is 6.34. The van der Waals surface area contributed by atoms with Gasteiger partial charge < -0.3 is 4.74 Å². The summed E-state index contributed by atoms with van der Waals surface area (Å²) in [4.78, 5) is 0. The fourth-order valence-corrected chi connectivity index (χ4v) is 6.05. The average molecular weight is 176 g/mol. The van der Waals surface area contributed by atoms with Crippen molar-refractivity contribution in [1.29, 1.82) is 0 Å². The van der Waals surface area contributed by atoms with E-state index in [0.29, 0.717) is 11.2 Å². The number of rotatable bonds is 0. The van der Waals surface area contributed by atoms with E-state index in [4.69, 9.17) is 4.74 Å². The zero-order chi connectivity index (χ0) is 8.26. The molecule has 4 aliphatic carbocycles. The van der Waals surface area contributed by atoms with E-state index in [-0.39, 0.29) is 0 Å². The Morgan fingerprint density at radius 1 is 0.692 bits per heavy atom. The molecule has 1 aliphatic heterocycles. The van der Waals surface area contributed by atoms with E-state index in [2.05, 4.69) is 0 Å². The molecule has 0 spiro atoms. The maximum Gasteiger partial charge on any atom is 0.104 e. The second-order valence-corrected chi connectivity index (χ2v) is 6.10. The Hall–Kier alpha value is -0.0400. The first-order valence-corrected chi connectivity index (χ1v) is 6.08. The van der Waals surface area contributed by atoms with Crippen molar-refractivity contribution in [3.8, 4) is 0 Å². The van der Waals surface area contributed by atoms with Crippen LogP contribution in [0.25, 0.3) is 0 Å². The topological polar surface area (TPSA) is 12.5 Å². The molecule has 4 saturated carbocycles. The molecule has 0 amide bonds. The lowest BCUT2D eigenvalue weighted by molar-refractivity contribution is 0.0896. The third-order valence-corrected chi connectivity index (χ3v) is 6.20. The smallest absolute Gasteiger partial charge is 0.104 e. The van der Waals surface area contributed by atoms with Gasteiger partial charge in [0.15, 0.2) is 0 Å². The summed E-state index contributed by atoms with van der Waals surface area (Å²) < 4.78 is 6.34. The van der Waals surface area contributed by atoms with E-state index in [1.165, 1.54) is 38.5 Å². The molecule has 1 nitrogen and oxygen atoms in total. The van der Waals surface area contributed by atoms with Gasteiger partial charge in [-0.15, -0.1) is 0 Å². The molecule has 0 aromatic carbocycles. The van der Waals surface area contributed by atoms with Crippen LogP contribution >= 0.6 is 0 Å². The largest absolute Gasteiger partial charge is 0.361 e. The van der Waals surface area contributed by atoms with Gasteiger partial charge in [0.1, 0.15) is 11.2 Å². The van der Waals surface area contributed by atoms with Gasteiger partial charge in [0.25, 0.3) is 0 Å². The van der Waals surface area contributed by atoms with Crippen LogP contribution < -0.4 is 0 Å². The summed E-state index contributed by atoms with van der Waals surface area (Å²) in [5.74, 6) is 3.97. The minimum Gasteiger partial charge on any atom is -0.361 e. The van der Waals surface area contributed by atoms with Gasteiger partial charge in [-0.25, -0.2) is 0 Å². The molecule has 0 radical (unpaired) electrons. The second kappa shape index (κ2) is 1.50. The molecule has 1 heteroatoms. The van der Waals surface area contributed by atoms with E-state index < -0.39 is 0 Å². The number of hydrogen-bond acceptors (Lipinski definition) is 1. The number of ether oxygens (including phenoxy) is 1. The Balaban J connectivity index is 1.78. The predicted octanol–water partition coefficient (Wildman–Crippen LogP) is 2.35. The summed E-state index contributed by atoms with van der Waals surface area (Å²) in [5, 5.41) is 0. The highest BCUT2D eigenvalue weighted by molar-refractivity contribution is 5.38. The lowest BCUT2D eigenvalue weighted by atomic mass is 9.71. The van der Waals surface area contributed by atoms with Crippen molar-refractivity contribution in [2.24, 2.45) is 23.7 Å². The molecule has 1 saturated heterocycles.